The van der Waals surface area contributed by atoms with Crippen molar-refractivity contribution in [2.45, 2.75) is 19.4 Å². The summed E-state index contributed by atoms with van der Waals surface area (Å²) >= 11 is 6.40. The van der Waals surface area contributed by atoms with Crippen LogP contribution >= 0.6 is 11.6 Å². The van der Waals surface area contributed by atoms with E-state index in [-0.39, 0.29) is 11.7 Å². The van der Waals surface area contributed by atoms with Gasteiger partial charge in [0.05, 0.1) is 27.4 Å². The second-order valence-corrected chi connectivity index (χ2v) is 9.50. The summed E-state index contributed by atoms with van der Waals surface area (Å²) < 4.78 is 16.1. The van der Waals surface area contributed by atoms with Gasteiger partial charge in [-0.25, -0.2) is 0 Å². The van der Waals surface area contributed by atoms with Gasteiger partial charge in [-0.05, 0) is 66.4 Å². The maximum atomic E-state index is 13.7. The number of nitrogens with zero attached hydrogens (tertiary/aromatic N) is 2. The van der Waals surface area contributed by atoms with Gasteiger partial charge < -0.3 is 24.2 Å². The minimum absolute atomic E-state index is 0.0471. The largest absolute Gasteiger partial charge is 0.507 e. The monoisotopic (exact) mass is 533 g/mol. The molecule has 0 saturated carbocycles. The molecule has 2 N–H and O–H groups in total. The fraction of sp³-hybridized carbons (Fsp3) is 0.241. The third kappa shape index (κ3) is 4.41. The molecule has 8 nitrogen and oxygen atoms in total. The molecule has 38 heavy (non-hydrogen) atoms. The first-order valence-corrected chi connectivity index (χ1v) is 12.5. The predicted octanol–water partition coefficient (Wildman–Crippen LogP) is 5.56. The van der Waals surface area contributed by atoms with E-state index in [0.717, 1.165) is 16.7 Å². The molecule has 0 bridgehead atoms. The average Bonchev–Trinajstić information content (AvgIpc) is 3.47. The van der Waals surface area contributed by atoms with Gasteiger partial charge in [-0.15, -0.1) is 0 Å². The van der Waals surface area contributed by atoms with Gasteiger partial charge in [-0.2, -0.15) is 5.10 Å². The smallest absolute Gasteiger partial charge is 0.273 e. The number of aromatic nitrogens is 2. The van der Waals surface area contributed by atoms with Crippen LogP contribution in [0, 0.1) is 6.92 Å². The number of aromatic amines is 1. The highest BCUT2D eigenvalue weighted by Crippen LogP contribution is 2.45. The summed E-state index contributed by atoms with van der Waals surface area (Å²) in [5.41, 5.74) is 4.69. The lowest BCUT2D eigenvalue weighted by Gasteiger charge is -2.27. The number of carbonyl (C=O) groups is 1. The number of methoxy groups -OCH3 is 3. The van der Waals surface area contributed by atoms with Crippen molar-refractivity contribution in [2.75, 3.05) is 27.9 Å². The van der Waals surface area contributed by atoms with Crippen molar-refractivity contribution in [3.8, 4) is 34.3 Å². The Labute approximate surface area is 225 Å². The number of aryl methyl sites for hydroxylation is 1. The molecule has 1 amide bonds. The number of rotatable bonds is 8. The Kier molecular flexibility index (Phi) is 6.91. The van der Waals surface area contributed by atoms with E-state index in [1.54, 1.807) is 33.5 Å². The number of amides is 1. The van der Waals surface area contributed by atoms with Crippen LogP contribution in [0.15, 0.2) is 54.6 Å². The zero-order valence-corrected chi connectivity index (χ0v) is 22.3. The van der Waals surface area contributed by atoms with Crippen LogP contribution in [0.4, 0.5) is 0 Å². The van der Waals surface area contributed by atoms with E-state index < -0.39 is 6.04 Å². The Hall–Kier alpha value is -4.17. The van der Waals surface area contributed by atoms with Gasteiger partial charge in [0, 0.05) is 22.7 Å². The summed E-state index contributed by atoms with van der Waals surface area (Å²) in [5.74, 6) is 1.87. The van der Waals surface area contributed by atoms with Crippen LogP contribution in [-0.2, 0) is 6.42 Å². The molecular formula is C29H28ClN3O5. The zero-order valence-electron chi connectivity index (χ0n) is 21.5. The average molecular weight is 534 g/mol. The van der Waals surface area contributed by atoms with Crippen LogP contribution in [-0.4, -0.2) is 54.0 Å². The van der Waals surface area contributed by atoms with Crippen LogP contribution in [0.1, 0.15) is 38.8 Å². The normalized spacial score (nSPS) is 14.5. The molecule has 1 aliphatic rings. The molecule has 1 aromatic heterocycles. The molecule has 196 valence electrons. The van der Waals surface area contributed by atoms with E-state index in [2.05, 4.69) is 10.2 Å². The first-order valence-electron chi connectivity index (χ1n) is 12.1. The highest BCUT2D eigenvalue weighted by Gasteiger charge is 2.42. The molecule has 4 aromatic rings. The summed E-state index contributed by atoms with van der Waals surface area (Å²) in [6, 6.07) is 16.2. The molecular weight excluding hydrogens is 506 g/mol. The molecule has 5 rings (SSSR count). The number of ether oxygens (including phenoxy) is 3. The van der Waals surface area contributed by atoms with E-state index in [1.807, 2.05) is 54.3 Å². The molecule has 1 atom stereocenters. The van der Waals surface area contributed by atoms with Gasteiger partial charge in [-0.3, -0.25) is 9.89 Å². The molecule has 0 radical (unpaired) electrons. The lowest BCUT2D eigenvalue weighted by Crippen LogP contribution is -2.31. The van der Waals surface area contributed by atoms with Gasteiger partial charge in [0.1, 0.15) is 22.9 Å². The van der Waals surface area contributed by atoms with Crippen molar-refractivity contribution in [2.24, 2.45) is 0 Å². The number of aromatic hydroxyl groups is 1. The fourth-order valence-electron chi connectivity index (χ4n) is 4.91. The molecule has 0 saturated heterocycles. The van der Waals surface area contributed by atoms with Crippen molar-refractivity contribution in [1.82, 2.24) is 15.1 Å². The summed E-state index contributed by atoms with van der Waals surface area (Å²) in [6.07, 6.45) is 0.591. The maximum absolute atomic E-state index is 13.7. The van der Waals surface area contributed by atoms with Crippen molar-refractivity contribution >= 4 is 17.5 Å². The van der Waals surface area contributed by atoms with Gasteiger partial charge in [0.2, 0.25) is 0 Å². The summed E-state index contributed by atoms with van der Waals surface area (Å²) in [4.78, 5) is 15.5. The maximum Gasteiger partial charge on any atom is 0.273 e. The highest BCUT2D eigenvalue weighted by atomic mass is 35.5. The highest BCUT2D eigenvalue weighted by molar-refractivity contribution is 6.31. The Balaban J connectivity index is 1.56. The number of benzene rings is 3. The van der Waals surface area contributed by atoms with Crippen molar-refractivity contribution in [3.63, 3.8) is 0 Å². The SMILES string of the molecule is COc1ccc(C2c3c(-c4cc(Cl)c(C)cc4O)n[nH]c3C(=O)N2CCc2ccc(OC)c(OC)c2)cc1. The van der Waals surface area contributed by atoms with Crippen LogP contribution in [0.2, 0.25) is 5.02 Å². The van der Waals surface area contributed by atoms with Crippen molar-refractivity contribution in [3.05, 3.63) is 87.6 Å². The van der Waals surface area contributed by atoms with Crippen LogP contribution in [0.25, 0.3) is 11.3 Å². The van der Waals surface area contributed by atoms with E-state index in [1.165, 1.54) is 0 Å². The Morgan fingerprint density at radius 3 is 2.42 bits per heavy atom. The minimum atomic E-state index is -0.434. The Bertz CT molecular complexity index is 1500. The summed E-state index contributed by atoms with van der Waals surface area (Å²) in [6.45, 7) is 2.26. The number of halogens is 1. The van der Waals surface area contributed by atoms with Gasteiger partial charge in [0.25, 0.3) is 5.91 Å². The van der Waals surface area contributed by atoms with Crippen molar-refractivity contribution < 1.29 is 24.1 Å². The van der Waals surface area contributed by atoms with E-state index >= 15 is 0 Å². The van der Waals surface area contributed by atoms with E-state index in [9.17, 15) is 9.90 Å². The number of phenols is 1. The van der Waals surface area contributed by atoms with E-state index in [0.29, 0.717) is 57.8 Å². The third-order valence-corrected chi connectivity index (χ3v) is 7.32. The zero-order chi connectivity index (χ0) is 27.0. The van der Waals surface area contributed by atoms with Gasteiger partial charge in [0.15, 0.2) is 11.5 Å². The quantitative estimate of drug-likeness (QED) is 0.308. The number of phenolic OH excluding ortho intramolecular Hbond substituents is 1. The predicted molar refractivity (Wildman–Crippen MR) is 145 cm³/mol. The third-order valence-electron chi connectivity index (χ3n) is 6.92. The molecule has 0 aliphatic carbocycles. The molecule has 1 aliphatic heterocycles. The molecule has 0 spiro atoms. The summed E-state index contributed by atoms with van der Waals surface area (Å²) in [7, 11) is 4.80. The molecule has 2 heterocycles. The standard InChI is InChI=1S/C29H28ClN3O5/c1-16-13-22(34)20(15-21(16)30)26-25-27(32-31-26)29(35)33(28(25)18-6-8-19(36-2)9-7-18)12-11-17-5-10-23(37-3)24(14-17)38-4/h5-10,13-15,28,34H,11-12H2,1-4H3,(H,31,32). The first kappa shape index (κ1) is 25.5. The fourth-order valence-corrected chi connectivity index (χ4v) is 5.07. The topological polar surface area (TPSA) is 96.9 Å². The minimum Gasteiger partial charge on any atom is -0.507 e. The van der Waals surface area contributed by atoms with Crippen LogP contribution in [0.5, 0.6) is 23.0 Å². The molecule has 3 aromatic carbocycles. The lowest BCUT2D eigenvalue weighted by atomic mass is 9.95. The first-order chi connectivity index (χ1) is 18.4. The number of nitrogens with one attached hydrogen (secondary N) is 1. The second-order valence-electron chi connectivity index (χ2n) is 9.09. The van der Waals surface area contributed by atoms with Gasteiger partial charge >= 0.3 is 0 Å². The second kappa shape index (κ2) is 10.3. The molecule has 9 heteroatoms. The number of hydrogen-bond acceptors (Lipinski definition) is 6. The molecule has 0 fully saturated rings. The molecule has 1 unspecified atom stereocenters. The van der Waals surface area contributed by atoms with Gasteiger partial charge in [-0.1, -0.05) is 29.8 Å². The number of fused-ring (bicyclic) bond motifs is 1. The number of carbonyl (C=O) groups excluding carboxylic acids is 1. The van der Waals surface area contributed by atoms with Crippen molar-refractivity contribution in [1.29, 1.82) is 0 Å². The summed E-state index contributed by atoms with van der Waals surface area (Å²) in [5, 5.41) is 18.6. The number of H-pyrrole nitrogens is 1. The van der Waals surface area contributed by atoms with E-state index in [4.69, 9.17) is 25.8 Å². The van der Waals surface area contributed by atoms with Crippen LogP contribution in [0.3, 0.4) is 0 Å². The Morgan fingerprint density at radius 1 is 1.00 bits per heavy atom. The Morgan fingerprint density at radius 2 is 1.74 bits per heavy atom. The van der Waals surface area contributed by atoms with Crippen LogP contribution < -0.4 is 14.2 Å². The lowest BCUT2D eigenvalue weighted by molar-refractivity contribution is 0.0746. The number of hydrogen-bond donors (Lipinski definition) is 2.